The van der Waals surface area contributed by atoms with Crippen LogP contribution in [-0.2, 0) is 7.05 Å². The van der Waals surface area contributed by atoms with E-state index in [2.05, 4.69) is 49.5 Å². The molecule has 158 valence electrons. The van der Waals surface area contributed by atoms with Gasteiger partial charge in [0.15, 0.2) is 0 Å². The largest absolute Gasteiger partial charge is 0.493 e. The van der Waals surface area contributed by atoms with Crippen molar-refractivity contribution in [3.63, 3.8) is 0 Å². The summed E-state index contributed by atoms with van der Waals surface area (Å²) >= 11 is 0. The van der Waals surface area contributed by atoms with Gasteiger partial charge in [0.2, 0.25) is 11.8 Å². The van der Waals surface area contributed by atoms with Crippen LogP contribution in [0.4, 0.5) is 17.3 Å². The second-order valence-electron chi connectivity index (χ2n) is 7.97. The van der Waals surface area contributed by atoms with Gasteiger partial charge >= 0.3 is 0 Å². The van der Waals surface area contributed by atoms with Gasteiger partial charge in [-0.1, -0.05) is 6.07 Å². The van der Waals surface area contributed by atoms with Crippen molar-refractivity contribution < 1.29 is 5.11 Å². The Kier molecular flexibility index (Phi) is 4.91. The minimum Gasteiger partial charge on any atom is -0.493 e. The summed E-state index contributed by atoms with van der Waals surface area (Å²) in [6, 6.07) is 14.2. The maximum atomic E-state index is 10.6. The fourth-order valence-corrected chi connectivity index (χ4v) is 3.84. The fourth-order valence-electron chi connectivity index (χ4n) is 3.84. The van der Waals surface area contributed by atoms with E-state index in [4.69, 9.17) is 0 Å². The van der Waals surface area contributed by atoms with Crippen molar-refractivity contribution in [3.05, 3.63) is 64.3 Å². The van der Waals surface area contributed by atoms with Crippen LogP contribution in [0.3, 0.4) is 0 Å². The average Bonchev–Trinajstić information content (AvgIpc) is 3.35. The molecule has 1 aromatic heterocycles. The third-order valence-corrected chi connectivity index (χ3v) is 5.80. The molecule has 31 heavy (non-hydrogen) atoms. The molecule has 1 saturated heterocycles. The minimum absolute atomic E-state index is 0.107. The van der Waals surface area contributed by atoms with Crippen LogP contribution < -0.4 is 20.8 Å². The van der Waals surface area contributed by atoms with Crippen LogP contribution in [0.25, 0.3) is 6.08 Å². The standard InChI is InChI=1S/C23H25N7O/c1-28-9-11-30(12-10-28)19-6-4-18(5-7-19)25-23-26-21(22(31)29(23)2)14-16-3-8-20-17(13-16)15-24-27-20/h3-8,13-15,31H,9-12H2,1-2H3,(H,25,26). The van der Waals surface area contributed by atoms with E-state index in [1.807, 2.05) is 36.4 Å². The third-order valence-electron chi connectivity index (χ3n) is 5.80. The lowest BCUT2D eigenvalue weighted by molar-refractivity contribution is 0.313. The molecule has 0 unspecified atom stereocenters. The molecule has 0 amide bonds. The molecule has 3 aromatic rings. The number of aromatic nitrogens is 2. The number of rotatable bonds is 4. The van der Waals surface area contributed by atoms with Crippen molar-refractivity contribution in [1.29, 1.82) is 0 Å². The summed E-state index contributed by atoms with van der Waals surface area (Å²) in [6.45, 7) is 4.24. The van der Waals surface area contributed by atoms with Gasteiger partial charge in [-0.2, -0.15) is 10.2 Å². The first-order valence-electron chi connectivity index (χ1n) is 10.4. The molecule has 3 heterocycles. The van der Waals surface area contributed by atoms with Crippen molar-refractivity contribution in [2.75, 3.05) is 43.4 Å². The number of likely N-dealkylation sites (N-methyl/N-ethyl adjacent to an activating group) is 1. The number of anilines is 3. The summed E-state index contributed by atoms with van der Waals surface area (Å²) in [5.41, 5.74) is 3.61. The summed E-state index contributed by atoms with van der Waals surface area (Å²) < 4.78 is 1.64. The van der Waals surface area contributed by atoms with Gasteiger partial charge in [-0.15, -0.1) is 0 Å². The number of piperazine rings is 1. The average molecular weight is 416 g/mol. The molecule has 0 saturated carbocycles. The van der Waals surface area contributed by atoms with E-state index in [9.17, 15) is 5.11 Å². The minimum atomic E-state index is 0.107. The van der Waals surface area contributed by atoms with E-state index in [0.29, 0.717) is 11.6 Å². The number of aromatic hydroxyl groups is 1. The zero-order valence-electron chi connectivity index (χ0n) is 17.7. The monoisotopic (exact) mass is 415 g/mol. The molecule has 2 aliphatic heterocycles. The van der Waals surface area contributed by atoms with Gasteiger partial charge < -0.3 is 20.2 Å². The molecule has 2 aliphatic rings. The van der Waals surface area contributed by atoms with Gasteiger partial charge in [-0.05, 0) is 54.7 Å². The van der Waals surface area contributed by atoms with Crippen LogP contribution in [0.2, 0.25) is 0 Å². The summed E-state index contributed by atoms with van der Waals surface area (Å²) in [5, 5.41) is 23.6. The van der Waals surface area contributed by atoms with Crippen molar-refractivity contribution in [3.8, 4) is 5.88 Å². The predicted octanol–water partition coefficient (Wildman–Crippen LogP) is 1.42. The number of nitrogens with one attached hydrogen (secondary N) is 1. The highest BCUT2D eigenvalue weighted by Gasteiger charge is 2.15. The highest BCUT2D eigenvalue weighted by atomic mass is 16.3. The first-order valence-corrected chi connectivity index (χ1v) is 10.4. The zero-order valence-corrected chi connectivity index (χ0v) is 17.7. The van der Waals surface area contributed by atoms with Gasteiger partial charge in [-0.25, -0.2) is 4.98 Å². The Labute approximate surface area is 180 Å². The maximum Gasteiger partial charge on any atom is 0.220 e. The third kappa shape index (κ3) is 3.89. The van der Waals surface area contributed by atoms with Crippen LogP contribution in [0.5, 0.6) is 5.88 Å². The molecule has 2 N–H and O–H groups in total. The van der Waals surface area contributed by atoms with Crippen molar-refractivity contribution >= 4 is 29.6 Å². The summed E-state index contributed by atoms with van der Waals surface area (Å²) in [4.78, 5) is 9.34. The lowest BCUT2D eigenvalue weighted by Crippen LogP contribution is -2.44. The van der Waals surface area contributed by atoms with E-state index < -0.39 is 0 Å². The van der Waals surface area contributed by atoms with Gasteiger partial charge in [0.25, 0.3) is 0 Å². The Morgan fingerprint density at radius 3 is 2.55 bits per heavy atom. The molecule has 0 spiro atoms. The van der Waals surface area contributed by atoms with Crippen molar-refractivity contribution in [1.82, 2.24) is 14.5 Å². The number of imidazole rings is 1. The van der Waals surface area contributed by atoms with Gasteiger partial charge in [-0.3, -0.25) is 4.57 Å². The maximum absolute atomic E-state index is 10.6. The molecule has 5 rings (SSSR count). The molecule has 0 bridgehead atoms. The quantitative estimate of drug-likeness (QED) is 0.674. The molecule has 8 heteroatoms. The Bertz CT molecular complexity index is 1250. The number of hydrogen-bond acceptors (Lipinski definition) is 7. The molecule has 0 atom stereocenters. The number of benzene rings is 2. The Balaban J connectivity index is 1.35. The summed E-state index contributed by atoms with van der Waals surface area (Å²) in [6.07, 6.45) is 3.58. The second-order valence-corrected chi connectivity index (χ2v) is 7.97. The first-order chi connectivity index (χ1) is 15.1. The molecule has 8 nitrogen and oxygen atoms in total. The number of hydrogen-bond donors (Lipinski definition) is 2. The Morgan fingerprint density at radius 2 is 1.77 bits per heavy atom. The van der Waals surface area contributed by atoms with E-state index in [0.717, 1.165) is 48.0 Å². The summed E-state index contributed by atoms with van der Waals surface area (Å²) in [5.74, 6) is 0.684. The Morgan fingerprint density at radius 1 is 1.00 bits per heavy atom. The normalized spacial score (nSPS) is 16.5. The second kappa shape index (κ2) is 7.88. The topological polar surface area (TPSA) is 81.3 Å². The predicted molar refractivity (Wildman–Crippen MR) is 123 cm³/mol. The van der Waals surface area contributed by atoms with E-state index >= 15 is 0 Å². The summed E-state index contributed by atoms with van der Waals surface area (Å²) in [7, 11) is 3.95. The lowest BCUT2D eigenvalue weighted by atomic mass is 10.2. The van der Waals surface area contributed by atoms with Crippen molar-refractivity contribution in [2.45, 2.75) is 0 Å². The number of fused-ring (bicyclic) bond motifs is 1. The van der Waals surface area contributed by atoms with Gasteiger partial charge in [0.05, 0.1) is 11.6 Å². The molecule has 0 aliphatic carbocycles. The molecular formula is C23H25N7O. The van der Waals surface area contributed by atoms with Crippen LogP contribution in [0.1, 0.15) is 11.3 Å². The molecule has 2 aromatic carbocycles. The highest BCUT2D eigenvalue weighted by molar-refractivity contribution is 5.80. The molecule has 1 fully saturated rings. The van der Waals surface area contributed by atoms with Gasteiger partial charge in [0.1, 0.15) is 5.69 Å². The SMILES string of the molecule is CN1CCN(c2ccc(Nc3nc(C=c4ccc5c(c4)C=NN=5)c(O)n3C)cc2)CC1. The zero-order chi connectivity index (χ0) is 21.4. The Hall–Kier alpha value is -3.65. The highest BCUT2D eigenvalue weighted by Crippen LogP contribution is 2.26. The fraction of sp³-hybridized carbons (Fsp3) is 0.261. The molecule has 0 radical (unpaired) electrons. The molecular weight excluding hydrogens is 390 g/mol. The van der Waals surface area contributed by atoms with E-state index in [1.165, 1.54) is 5.69 Å². The van der Waals surface area contributed by atoms with Crippen LogP contribution in [0, 0.1) is 0 Å². The van der Waals surface area contributed by atoms with Crippen LogP contribution in [-0.4, -0.2) is 59.0 Å². The van der Waals surface area contributed by atoms with Crippen LogP contribution >= 0.6 is 0 Å². The van der Waals surface area contributed by atoms with E-state index in [-0.39, 0.29) is 5.88 Å². The lowest BCUT2D eigenvalue weighted by Gasteiger charge is -2.34. The number of nitrogens with zero attached hydrogens (tertiary/aromatic N) is 6. The first kappa shape index (κ1) is 19.3. The van der Waals surface area contributed by atoms with Crippen LogP contribution in [0.15, 0.2) is 52.7 Å². The van der Waals surface area contributed by atoms with E-state index in [1.54, 1.807) is 17.8 Å². The van der Waals surface area contributed by atoms with Gasteiger partial charge in [0, 0.05) is 50.2 Å². The smallest absolute Gasteiger partial charge is 0.220 e. The van der Waals surface area contributed by atoms with Crippen molar-refractivity contribution in [2.24, 2.45) is 17.3 Å².